The van der Waals surface area contributed by atoms with Gasteiger partial charge in [0.1, 0.15) is 11.4 Å². The van der Waals surface area contributed by atoms with Gasteiger partial charge in [0.05, 0.1) is 11.6 Å². The van der Waals surface area contributed by atoms with Crippen molar-refractivity contribution < 1.29 is 9.90 Å². The summed E-state index contributed by atoms with van der Waals surface area (Å²) in [7, 11) is 0. The van der Waals surface area contributed by atoms with Crippen LogP contribution in [0.15, 0.2) is 30.5 Å². The second-order valence-corrected chi connectivity index (χ2v) is 6.46. The van der Waals surface area contributed by atoms with Gasteiger partial charge in [0.25, 0.3) is 5.91 Å². The molecule has 8 nitrogen and oxygen atoms in total. The predicted molar refractivity (Wildman–Crippen MR) is 97.8 cm³/mol. The molecule has 1 aromatic carbocycles. The van der Waals surface area contributed by atoms with Crippen molar-refractivity contribution in [2.24, 2.45) is 11.5 Å². The van der Waals surface area contributed by atoms with Gasteiger partial charge >= 0.3 is 0 Å². The quantitative estimate of drug-likeness (QED) is 0.507. The van der Waals surface area contributed by atoms with Crippen LogP contribution in [-0.4, -0.2) is 39.2 Å². The maximum atomic E-state index is 11.6. The Hall–Kier alpha value is -2.71. The number of anilines is 3. The molecule has 7 N–H and O–H groups in total. The lowest BCUT2D eigenvalue weighted by Crippen LogP contribution is -2.47. The van der Waals surface area contributed by atoms with Crippen molar-refractivity contribution in [3.63, 3.8) is 0 Å². The SMILES string of the molecule is Cc1cccc(Nc2nc(NCC(N)C(C)(C)O)ncc2C(N)=O)c1. The maximum absolute atomic E-state index is 11.6. The molecule has 2 aromatic rings. The highest BCUT2D eigenvalue weighted by Crippen LogP contribution is 2.20. The minimum Gasteiger partial charge on any atom is -0.389 e. The largest absolute Gasteiger partial charge is 0.389 e. The topological polar surface area (TPSA) is 139 Å². The molecule has 1 aromatic heterocycles. The van der Waals surface area contributed by atoms with Gasteiger partial charge in [0.2, 0.25) is 5.95 Å². The molecule has 0 fully saturated rings. The molecule has 0 radical (unpaired) electrons. The first-order chi connectivity index (χ1) is 11.7. The van der Waals surface area contributed by atoms with Crippen LogP contribution in [0.1, 0.15) is 29.8 Å². The number of carbonyl (C=O) groups excluding carboxylic acids is 1. The Morgan fingerprint density at radius 2 is 2.12 bits per heavy atom. The van der Waals surface area contributed by atoms with Gasteiger partial charge < -0.3 is 27.2 Å². The first-order valence-corrected chi connectivity index (χ1v) is 7.89. The van der Waals surface area contributed by atoms with Crippen LogP contribution in [0.4, 0.5) is 17.5 Å². The van der Waals surface area contributed by atoms with Crippen molar-refractivity contribution in [2.45, 2.75) is 32.4 Å². The zero-order chi connectivity index (χ0) is 18.6. The van der Waals surface area contributed by atoms with Gasteiger partial charge in [0.15, 0.2) is 0 Å². The highest BCUT2D eigenvalue weighted by Gasteiger charge is 2.23. The summed E-state index contributed by atoms with van der Waals surface area (Å²) in [5.74, 6) is -0.0535. The Morgan fingerprint density at radius 3 is 2.72 bits per heavy atom. The summed E-state index contributed by atoms with van der Waals surface area (Å²) < 4.78 is 0. The van der Waals surface area contributed by atoms with E-state index in [-0.39, 0.29) is 18.1 Å². The number of aliphatic hydroxyl groups is 1. The number of hydrogen-bond donors (Lipinski definition) is 5. The average molecular weight is 344 g/mol. The number of aryl methyl sites for hydroxylation is 1. The number of rotatable bonds is 7. The molecular weight excluding hydrogens is 320 g/mol. The second-order valence-electron chi connectivity index (χ2n) is 6.46. The number of amides is 1. The monoisotopic (exact) mass is 344 g/mol. The molecule has 0 saturated heterocycles. The first kappa shape index (κ1) is 18.6. The Balaban J connectivity index is 2.23. The fraction of sp³-hybridized carbons (Fsp3) is 0.353. The number of carbonyl (C=O) groups is 1. The van der Waals surface area contributed by atoms with E-state index in [2.05, 4.69) is 20.6 Å². The number of primary amides is 1. The molecule has 134 valence electrons. The minimum atomic E-state index is -1.04. The van der Waals surface area contributed by atoms with E-state index in [1.807, 2.05) is 31.2 Å². The Kier molecular flexibility index (Phi) is 5.55. The number of benzene rings is 1. The molecule has 0 aliphatic heterocycles. The van der Waals surface area contributed by atoms with E-state index >= 15 is 0 Å². The zero-order valence-electron chi connectivity index (χ0n) is 14.6. The molecule has 2 rings (SSSR count). The van der Waals surface area contributed by atoms with Crippen molar-refractivity contribution in [1.29, 1.82) is 0 Å². The van der Waals surface area contributed by atoms with E-state index in [1.165, 1.54) is 6.20 Å². The lowest BCUT2D eigenvalue weighted by atomic mass is 10.0. The summed E-state index contributed by atoms with van der Waals surface area (Å²) in [5, 5.41) is 15.9. The highest BCUT2D eigenvalue weighted by molar-refractivity contribution is 5.98. The van der Waals surface area contributed by atoms with E-state index in [0.717, 1.165) is 11.3 Å². The molecule has 25 heavy (non-hydrogen) atoms. The number of hydrogen-bond acceptors (Lipinski definition) is 7. The van der Waals surface area contributed by atoms with Crippen LogP contribution < -0.4 is 22.1 Å². The summed E-state index contributed by atoms with van der Waals surface area (Å²) in [5.41, 5.74) is 12.3. The molecular formula is C17H24N6O2. The van der Waals surface area contributed by atoms with E-state index in [4.69, 9.17) is 11.5 Å². The van der Waals surface area contributed by atoms with Gasteiger partial charge in [-0.15, -0.1) is 0 Å². The van der Waals surface area contributed by atoms with Gasteiger partial charge in [-0.1, -0.05) is 12.1 Å². The van der Waals surface area contributed by atoms with E-state index in [0.29, 0.717) is 5.82 Å². The lowest BCUT2D eigenvalue weighted by Gasteiger charge is -2.25. The Labute approximate surface area is 146 Å². The van der Waals surface area contributed by atoms with Crippen LogP contribution in [0.3, 0.4) is 0 Å². The molecule has 0 aliphatic carbocycles. The summed E-state index contributed by atoms with van der Waals surface area (Å²) >= 11 is 0. The minimum absolute atomic E-state index is 0.179. The number of aromatic nitrogens is 2. The second kappa shape index (κ2) is 7.45. The molecule has 0 spiro atoms. The molecule has 1 amide bonds. The predicted octanol–water partition coefficient (Wildman–Crippen LogP) is 1.14. The fourth-order valence-corrected chi connectivity index (χ4v) is 2.05. The summed E-state index contributed by atoms with van der Waals surface area (Å²) in [4.78, 5) is 20.0. The van der Waals surface area contributed by atoms with Crippen LogP contribution in [-0.2, 0) is 0 Å². The molecule has 0 saturated carbocycles. The van der Waals surface area contributed by atoms with E-state index in [1.54, 1.807) is 13.8 Å². The third-order valence-corrected chi connectivity index (χ3v) is 3.72. The standard InChI is InChI=1S/C17H24N6O2/c1-10-5-4-6-11(7-10)22-15-12(14(19)24)8-20-16(23-15)21-9-13(18)17(2,3)25/h4-8,13,25H,9,18H2,1-3H3,(H2,19,24)(H2,20,21,22,23). The smallest absolute Gasteiger partial charge is 0.254 e. The van der Waals surface area contributed by atoms with Gasteiger partial charge in [-0.25, -0.2) is 4.98 Å². The van der Waals surface area contributed by atoms with Crippen molar-refractivity contribution in [3.8, 4) is 0 Å². The molecule has 1 heterocycles. The van der Waals surface area contributed by atoms with E-state index < -0.39 is 17.6 Å². The van der Waals surface area contributed by atoms with Crippen molar-refractivity contribution in [2.75, 3.05) is 17.2 Å². The normalized spacial score (nSPS) is 12.5. The molecule has 0 bridgehead atoms. The fourth-order valence-electron chi connectivity index (χ4n) is 2.05. The zero-order valence-corrected chi connectivity index (χ0v) is 14.6. The third kappa shape index (κ3) is 5.13. The van der Waals surface area contributed by atoms with Gasteiger partial charge in [0, 0.05) is 18.4 Å². The number of nitrogens with zero attached hydrogens (tertiary/aromatic N) is 2. The van der Waals surface area contributed by atoms with Crippen LogP contribution in [0.5, 0.6) is 0 Å². The third-order valence-electron chi connectivity index (χ3n) is 3.72. The van der Waals surface area contributed by atoms with Gasteiger partial charge in [-0.05, 0) is 38.5 Å². The summed E-state index contributed by atoms with van der Waals surface area (Å²) in [6.07, 6.45) is 1.35. The molecule has 0 aliphatic rings. The number of nitrogens with two attached hydrogens (primary N) is 2. The van der Waals surface area contributed by atoms with Crippen molar-refractivity contribution in [3.05, 3.63) is 41.6 Å². The van der Waals surface area contributed by atoms with Crippen LogP contribution >= 0.6 is 0 Å². The van der Waals surface area contributed by atoms with Gasteiger partial charge in [-0.3, -0.25) is 4.79 Å². The lowest BCUT2D eigenvalue weighted by molar-refractivity contribution is 0.0562. The summed E-state index contributed by atoms with van der Waals surface area (Å²) in [6, 6.07) is 7.12. The number of nitrogens with one attached hydrogen (secondary N) is 2. The first-order valence-electron chi connectivity index (χ1n) is 7.89. The highest BCUT2D eigenvalue weighted by atomic mass is 16.3. The van der Waals surface area contributed by atoms with E-state index in [9.17, 15) is 9.90 Å². The van der Waals surface area contributed by atoms with Crippen LogP contribution in [0.2, 0.25) is 0 Å². The molecule has 8 heteroatoms. The molecule has 1 atom stereocenters. The van der Waals surface area contributed by atoms with Crippen LogP contribution in [0.25, 0.3) is 0 Å². The average Bonchev–Trinajstić information content (AvgIpc) is 2.51. The van der Waals surface area contributed by atoms with Crippen LogP contribution in [0, 0.1) is 6.92 Å². The Morgan fingerprint density at radius 1 is 1.40 bits per heavy atom. The van der Waals surface area contributed by atoms with Crippen molar-refractivity contribution >= 4 is 23.4 Å². The Bertz CT molecular complexity index is 757. The van der Waals surface area contributed by atoms with Gasteiger partial charge in [-0.2, -0.15) is 4.98 Å². The van der Waals surface area contributed by atoms with Crippen molar-refractivity contribution in [1.82, 2.24) is 9.97 Å². The molecule has 1 unspecified atom stereocenters. The summed E-state index contributed by atoms with van der Waals surface area (Å²) in [6.45, 7) is 5.48. The maximum Gasteiger partial charge on any atom is 0.254 e.